The molecule has 2 aromatic rings. The van der Waals surface area contributed by atoms with Crippen LogP contribution in [0.25, 0.3) is 0 Å². The van der Waals surface area contributed by atoms with Crippen LogP contribution in [-0.4, -0.2) is 5.91 Å². The van der Waals surface area contributed by atoms with E-state index in [2.05, 4.69) is 21.2 Å². The van der Waals surface area contributed by atoms with Crippen molar-refractivity contribution >= 4 is 39.1 Å². The highest BCUT2D eigenvalue weighted by atomic mass is 79.9. The van der Waals surface area contributed by atoms with Crippen LogP contribution in [0.3, 0.4) is 0 Å². The summed E-state index contributed by atoms with van der Waals surface area (Å²) in [6.07, 6.45) is -0.169. The fourth-order valence-corrected chi connectivity index (χ4v) is 2.58. The van der Waals surface area contributed by atoms with Crippen LogP contribution >= 0.6 is 27.5 Å². The van der Waals surface area contributed by atoms with Gasteiger partial charge in [-0.3, -0.25) is 4.79 Å². The third-order valence-corrected chi connectivity index (χ3v) is 3.54. The molecular weight excluding hydrogens is 371 g/mol. The van der Waals surface area contributed by atoms with Crippen LogP contribution < -0.4 is 5.32 Å². The molecule has 0 saturated carbocycles. The molecule has 21 heavy (non-hydrogen) atoms. The fourth-order valence-electron chi connectivity index (χ4n) is 1.68. The summed E-state index contributed by atoms with van der Waals surface area (Å²) >= 11 is 8.92. The lowest BCUT2D eigenvalue weighted by Crippen LogP contribution is -2.15. The first-order chi connectivity index (χ1) is 9.86. The zero-order valence-electron chi connectivity index (χ0n) is 10.4. The van der Waals surface area contributed by atoms with Gasteiger partial charge in [-0.25, -0.2) is 13.2 Å². The van der Waals surface area contributed by atoms with Gasteiger partial charge in [-0.15, -0.1) is 0 Å². The molecule has 0 radical (unpaired) electrons. The molecule has 0 spiro atoms. The largest absolute Gasteiger partial charge is 0.324 e. The zero-order valence-corrected chi connectivity index (χ0v) is 12.7. The Labute approximate surface area is 132 Å². The second-order valence-corrected chi connectivity index (χ2v) is 5.48. The van der Waals surface area contributed by atoms with Crippen LogP contribution in [0.1, 0.15) is 5.56 Å². The van der Waals surface area contributed by atoms with Gasteiger partial charge in [-0.2, -0.15) is 0 Å². The third-order valence-electron chi connectivity index (χ3n) is 2.62. The monoisotopic (exact) mass is 377 g/mol. The molecule has 0 heterocycles. The molecule has 0 aliphatic heterocycles. The molecule has 0 unspecified atom stereocenters. The summed E-state index contributed by atoms with van der Waals surface area (Å²) in [5, 5.41) is 2.52. The lowest BCUT2D eigenvalue weighted by atomic mass is 10.1. The van der Waals surface area contributed by atoms with Crippen LogP contribution in [0.5, 0.6) is 0 Å². The topological polar surface area (TPSA) is 29.1 Å². The van der Waals surface area contributed by atoms with E-state index in [0.717, 1.165) is 24.3 Å². The molecular formula is C14H8BrClF3NO. The summed E-state index contributed by atoms with van der Waals surface area (Å²) in [5.74, 6) is -3.05. The number of hydrogen-bond donors (Lipinski definition) is 1. The van der Waals surface area contributed by atoms with Crippen molar-refractivity contribution in [3.8, 4) is 0 Å². The van der Waals surface area contributed by atoms with Gasteiger partial charge in [0, 0.05) is 4.47 Å². The van der Waals surface area contributed by atoms with E-state index in [0.29, 0.717) is 5.56 Å². The quantitative estimate of drug-likeness (QED) is 0.824. The van der Waals surface area contributed by atoms with Crippen molar-refractivity contribution in [1.82, 2.24) is 0 Å². The Bertz CT molecular complexity index is 686. The first-order valence-corrected chi connectivity index (χ1v) is 6.92. The number of hydrogen-bond acceptors (Lipinski definition) is 1. The van der Waals surface area contributed by atoms with E-state index in [-0.39, 0.29) is 21.6 Å². The summed E-state index contributed by atoms with van der Waals surface area (Å²) in [6.45, 7) is 0. The Morgan fingerprint density at radius 2 is 1.86 bits per heavy atom. The Kier molecular flexibility index (Phi) is 4.90. The lowest BCUT2D eigenvalue weighted by Gasteiger charge is -2.10. The first-order valence-electron chi connectivity index (χ1n) is 5.75. The van der Waals surface area contributed by atoms with Gasteiger partial charge in [0.05, 0.1) is 17.1 Å². The van der Waals surface area contributed by atoms with Crippen LogP contribution in [0.4, 0.5) is 18.9 Å². The maximum atomic E-state index is 13.1. The second kappa shape index (κ2) is 6.49. The standard InChI is InChI=1S/C14H8BrClF3NO/c15-9-5-8(17)6-10(16)14(9)20-13(21)4-7-1-2-11(18)12(19)3-7/h1-3,5-6H,4H2,(H,20,21). The van der Waals surface area contributed by atoms with Gasteiger partial charge in [0.1, 0.15) is 5.82 Å². The lowest BCUT2D eigenvalue weighted by molar-refractivity contribution is -0.115. The molecule has 2 aromatic carbocycles. The number of nitrogens with one attached hydrogen (secondary N) is 1. The van der Waals surface area contributed by atoms with Gasteiger partial charge >= 0.3 is 0 Å². The fraction of sp³-hybridized carbons (Fsp3) is 0.0714. The van der Waals surface area contributed by atoms with Gasteiger partial charge in [-0.1, -0.05) is 17.7 Å². The van der Waals surface area contributed by atoms with Crippen molar-refractivity contribution in [1.29, 1.82) is 0 Å². The average Bonchev–Trinajstić information content (AvgIpc) is 2.38. The zero-order chi connectivity index (χ0) is 15.6. The normalized spacial score (nSPS) is 10.5. The number of amides is 1. The Hall–Kier alpha value is -1.53. The molecule has 1 amide bonds. The molecule has 0 atom stereocenters. The minimum atomic E-state index is -1.03. The van der Waals surface area contributed by atoms with Crippen LogP contribution in [0, 0.1) is 17.5 Å². The number of carbonyl (C=O) groups excluding carboxylic acids is 1. The molecule has 0 fully saturated rings. The minimum absolute atomic E-state index is 0.0283. The van der Waals surface area contributed by atoms with Gasteiger partial charge < -0.3 is 5.32 Å². The maximum Gasteiger partial charge on any atom is 0.228 e. The number of benzene rings is 2. The minimum Gasteiger partial charge on any atom is -0.324 e. The van der Waals surface area contributed by atoms with Crippen LogP contribution in [0.15, 0.2) is 34.8 Å². The SMILES string of the molecule is O=C(Cc1ccc(F)c(F)c1)Nc1c(Cl)cc(F)cc1Br. The summed E-state index contributed by atoms with van der Waals surface area (Å²) in [7, 11) is 0. The summed E-state index contributed by atoms with van der Waals surface area (Å²) < 4.78 is 39.2. The highest BCUT2D eigenvalue weighted by Gasteiger charge is 2.13. The number of rotatable bonds is 3. The van der Waals surface area contributed by atoms with Crippen LogP contribution in [-0.2, 0) is 11.2 Å². The van der Waals surface area contributed by atoms with Crippen molar-refractivity contribution in [3.05, 3.63) is 62.8 Å². The number of halogens is 5. The van der Waals surface area contributed by atoms with Gasteiger partial charge in [0.15, 0.2) is 11.6 Å². The Morgan fingerprint density at radius 1 is 1.14 bits per heavy atom. The molecule has 2 nitrogen and oxygen atoms in total. The summed E-state index contributed by atoms with van der Waals surface area (Å²) in [6, 6.07) is 5.40. The summed E-state index contributed by atoms with van der Waals surface area (Å²) in [4.78, 5) is 11.9. The molecule has 7 heteroatoms. The van der Waals surface area contributed by atoms with Crippen LogP contribution in [0.2, 0.25) is 5.02 Å². The van der Waals surface area contributed by atoms with Crippen molar-refractivity contribution in [2.45, 2.75) is 6.42 Å². The first kappa shape index (κ1) is 15.9. The van der Waals surface area contributed by atoms with Gasteiger partial charge in [0.2, 0.25) is 5.91 Å². The summed E-state index contributed by atoms with van der Waals surface area (Å²) in [5.41, 5.74) is 0.520. The Balaban J connectivity index is 2.13. The Morgan fingerprint density at radius 3 is 2.48 bits per heavy atom. The van der Waals surface area contributed by atoms with E-state index in [9.17, 15) is 18.0 Å². The molecule has 0 aromatic heterocycles. The van der Waals surface area contributed by atoms with Crippen molar-refractivity contribution in [2.24, 2.45) is 0 Å². The number of anilines is 1. The highest BCUT2D eigenvalue weighted by Crippen LogP contribution is 2.31. The number of carbonyl (C=O) groups is 1. The van der Waals surface area contributed by atoms with E-state index >= 15 is 0 Å². The van der Waals surface area contributed by atoms with E-state index in [1.807, 2.05) is 0 Å². The van der Waals surface area contributed by atoms with Crippen molar-refractivity contribution < 1.29 is 18.0 Å². The van der Waals surface area contributed by atoms with E-state index < -0.39 is 23.4 Å². The molecule has 110 valence electrons. The van der Waals surface area contributed by atoms with E-state index in [1.165, 1.54) is 6.07 Å². The highest BCUT2D eigenvalue weighted by molar-refractivity contribution is 9.10. The second-order valence-electron chi connectivity index (χ2n) is 4.22. The van der Waals surface area contributed by atoms with Crippen molar-refractivity contribution in [2.75, 3.05) is 5.32 Å². The van der Waals surface area contributed by atoms with Crippen molar-refractivity contribution in [3.63, 3.8) is 0 Å². The third kappa shape index (κ3) is 3.98. The molecule has 0 bridgehead atoms. The van der Waals surface area contributed by atoms with E-state index in [4.69, 9.17) is 11.6 Å². The smallest absolute Gasteiger partial charge is 0.228 e. The molecule has 0 aliphatic carbocycles. The maximum absolute atomic E-state index is 13.1. The van der Waals surface area contributed by atoms with E-state index in [1.54, 1.807) is 0 Å². The molecule has 0 aliphatic rings. The molecule has 0 saturated heterocycles. The predicted octanol–water partition coefficient (Wildman–Crippen LogP) is 4.70. The van der Waals surface area contributed by atoms with Gasteiger partial charge in [0.25, 0.3) is 0 Å². The predicted molar refractivity (Wildman–Crippen MR) is 77.8 cm³/mol. The molecule has 2 rings (SSSR count). The molecule has 1 N–H and O–H groups in total. The average molecular weight is 379 g/mol. The van der Waals surface area contributed by atoms with Gasteiger partial charge in [-0.05, 0) is 45.8 Å².